The van der Waals surface area contributed by atoms with Crippen LogP contribution < -0.4 is 4.74 Å². The van der Waals surface area contributed by atoms with Gasteiger partial charge in [-0.2, -0.15) is 0 Å². The third-order valence-electron chi connectivity index (χ3n) is 4.24. The van der Waals surface area contributed by atoms with Crippen LogP contribution in [0.25, 0.3) is 0 Å². The predicted molar refractivity (Wildman–Crippen MR) is 73.8 cm³/mol. The maximum Gasteiger partial charge on any atom is 0.119 e. The number of methoxy groups -OCH3 is 1. The molecule has 1 aliphatic rings. The van der Waals surface area contributed by atoms with E-state index in [1.165, 1.54) is 12.8 Å². The number of ether oxygens (including phenoxy) is 1. The van der Waals surface area contributed by atoms with Gasteiger partial charge < -0.3 is 9.84 Å². The van der Waals surface area contributed by atoms with E-state index in [1.54, 1.807) is 7.11 Å². The molecule has 0 aromatic heterocycles. The van der Waals surface area contributed by atoms with E-state index in [0.717, 1.165) is 42.9 Å². The van der Waals surface area contributed by atoms with Crippen LogP contribution in [0, 0.1) is 5.92 Å². The van der Waals surface area contributed by atoms with E-state index in [1.807, 2.05) is 24.3 Å². The fourth-order valence-corrected chi connectivity index (χ4v) is 3.05. The van der Waals surface area contributed by atoms with Crippen molar-refractivity contribution < 1.29 is 9.84 Å². The second kappa shape index (κ2) is 5.75. The summed E-state index contributed by atoms with van der Waals surface area (Å²) in [5, 5.41) is 10.8. The Labute approximate surface area is 110 Å². The van der Waals surface area contributed by atoms with Crippen LogP contribution in [0.2, 0.25) is 0 Å². The van der Waals surface area contributed by atoms with Gasteiger partial charge in [-0.25, -0.2) is 0 Å². The van der Waals surface area contributed by atoms with Crippen molar-refractivity contribution in [3.63, 3.8) is 0 Å². The molecule has 1 saturated carbocycles. The molecule has 1 fully saturated rings. The summed E-state index contributed by atoms with van der Waals surface area (Å²) < 4.78 is 5.24. The van der Waals surface area contributed by atoms with Gasteiger partial charge in [0, 0.05) is 0 Å². The Morgan fingerprint density at radius 2 is 2.06 bits per heavy atom. The molecule has 2 nitrogen and oxygen atoms in total. The first-order valence-corrected chi connectivity index (χ1v) is 7.05. The summed E-state index contributed by atoms with van der Waals surface area (Å²) in [7, 11) is 1.67. The van der Waals surface area contributed by atoms with Gasteiger partial charge in [0.25, 0.3) is 0 Å². The van der Waals surface area contributed by atoms with Gasteiger partial charge in [0.15, 0.2) is 0 Å². The molecule has 0 aliphatic heterocycles. The lowest BCUT2D eigenvalue weighted by molar-refractivity contribution is -0.0153. The molecule has 0 atom stereocenters. The van der Waals surface area contributed by atoms with Crippen molar-refractivity contribution in [1.82, 2.24) is 0 Å². The maximum atomic E-state index is 10.8. The lowest BCUT2D eigenvalue weighted by atomic mass is 9.74. The van der Waals surface area contributed by atoms with Crippen molar-refractivity contribution in [2.45, 2.75) is 51.0 Å². The number of rotatable bonds is 4. The zero-order valence-corrected chi connectivity index (χ0v) is 11.5. The Hall–Kier alpha value is -1.02. The Bertz CT molecular complexity index is 378. The number of hydrogen-bond acceptors (Lipinski definition) is 2. The number of hydrogen-bond donors (Lipinski definition) is 1. The normalized spacial score (nSPS) is 28.1. The highest BCUT2D eigenvalue weighted by atomic mass is 16.5. The zero-order chi connectivity index (χ0) is 13.0. The zero-order valence-electron chi connectivity index (χ0n) is 11.5. The first-order chi connectivity index (χ1) is 8.68. The molecule has 1 N–H and O–H groups in total. The molecule has 0 amide bonds. The van der Waals surface area contributed by atoms with Crippen molar-refractivity contribution in [2.75, 3.05) is 7.11 Å². The average molecular weight is 248 g/mol. The van der Waals surface area contributed by atoms with Crippen molar-refractivity contribution in [2.24, 2.45) is 5.92 Å². The number of benzene rings is 1. The van der Waals surface area contributed by atoms with Gasteiger partial charge in [-0.3, -0.25) is 0 Å². The van der Waals surface area contributed by atoms with Crippen LogP contribution in [0.1, 0.15) is 51.0 Å². The molecule has 1 aromatic rings. The van der Waals surface area contributed by atoms with E-state index in [-0.39, 0.29) is 0 Å². The van der Waals surface area contributed by atoms with E-state index in [0.29, 0.717) is 0 Å². The summed E-state index contributed by atoms with van der Waals surface area (Å²) >= 11 is 0. The largest absolute Gasteiger partial charge is 0.497 e. The van der Waals surface area contributed by atoms with E-state index in [2.05, 4.69) is 6.92 Å². The lowest BCUT2D eigenvalue weighted by Gasteiger charge is -2.36. The Morgan fingerprint density at radius 1 is 1.33 bits per heavy atom. The van der Waals surface area contributed by atoms with E-state index in [4.69, 9.17) is 4.74 Å². The average Bonchev–Trinajstić information content (AvgIpc) is 2.42. The van der Waals surface area contributed by atoms with Gasteiger partial charge in [-0.15, -0.1) is 0 Å². The van der Waals surface area contributed by atoms with Crippen molar-refractivity contribution in [3.8, 4) is 5.75 Å². The summed E-state index contributed by atoms with van der Waals surface area (Å²) in [4.78, 5) is 0. The Kier molecular flexibility index (Phi) is 4.28. The third-order valence-corrected chi connectivity index (χ3v) is 4.24. The second-order valence-corrected chi connectivity index (χ2v) is 5.50. The Balaban J connectivity index is 2.08. The fourth-order valence-electron chi connectivity index (χ4n) is 3.05. The van der Waals surface area contributed by atoms with Crippen LogP contribution in [0.15, 0.2) is 24.3 Å². The maximum absolute atomic E-state index is 10.8. The molecule has 0 bridgehead atoms. The highest BCUT2D eigenvalue weighted by Gasteiger charge is 2.34. The molecule has 1 aromatic carbocycles. The van der Waals surface area contributed by atoms with Crippen LogP contribution in [0.4, 0.5) is 0 Å². The standard InChI is InChI=1S/C16H24O2/c1-3-5-13-8-10-16(17,11-9-13)14-6-4-7-15(12-14)18-2/h4,6-7,12-13,17H,3,5,8-11H2,1-2H3. The summed E-state index contributed by atoms with van der Waals surface area (Å²) in [6, 6.07) is 7.88. The molecule has 2 rings (SSSR count). The molecule has 0 heterocycles. The van der Waals surface area contributed by atoms with Gasteiger partial charge in [0.05, 0.1) is 12.7 Å². The van der Waals surface area contributed by atoms with Crippen LogP contribution in [0.5, 0.6) is 5.75 Å². The van der Waals surface area contributed by atoms with Crippen LogP contribution in [-0.4, -0.2) is 12.2 Å². The van der Waals surface area contributed by atoms with Gasteiger partial charge in [0.1, 0.15) is 5.75 Å². The van der Waals surface area contributed by atoms with Crippen molar-refractivity contribution >= 4 is 0 Å². The lowest BCUT2D eigenvalue weighted by Crippen LogP contribution is -2.31. The van der Waals surface area contributed by atoms with Crippen LogP contribution >= 0.6 is 0 Å². The first kappa shape index (κ1) is 13.4. The van der Waals surface area contributed by atoms with Crippen LogP contribution in [0.3, 0.4) is 0 Å². The molecule has 0 spiro atoms. The summed E-state index contributed by atoms with van der Waals surface area (Å²) in [5.41, 5.74) is 0.371. The van der Waals surface area contributed by atoms with Gasteiger partial charge in [0.2, 0.25) is 0 Å². The molecule has 18 heavy (non-hydrogen) atoms. The quantitative estimate of drug-likeness (QED) is 0.876. The monoisotopic (exact) mass is 248 g/mol. The first-order valence-electron chi connectivity index (χ1n) is 7.05. The summed E-state index contributed by atoms with van der Waals surface area (Å²) in [5.74, 6) is 1.64. The SMILES string of the molecule is CCCC1CCC(O)(c2cccc(OC)c2)CC1. The minimum atomic E-state index is -0.640. The molecular formula is C16H24O2. The topological polar surface area (TPSA) is 29.5 Å². The minimum Gasteiger partial charge on any atom is -0.497 e. The summed E-state index contributed by atoms with van der Waals surface area (Å²) in [6.45, 7) is 2.24. The molecular weight excluding hydrogens is 224 g/mol. The molecule has 100 valence electrons. The third kappa shape index (κ3) is 2.86. The van der Waals surface area contributed by atoms with Crippen molar-refractivity contribution in [1.29, 1.82) is 0 Å². The van der Waals surface area contributed by atoms with Crippen LogP contribution in [-0.2, 0) is 5.60 Å². The van der Waals surface area contributed by atoms with E-state index < -0.39 is 5.60 Å². The highest BCUT2D eigenvalue weighted by Crippen LogP contribution is 2.41. The van der Waals surface area contributed by atoms with E-state index in [9.17, 15) is 5.11 Å². The molecule has 2 heteroatoms. The van der Waals surface area contributed by atoms with Gasteiger partial charge in [-0.1, -0.05) is 31.9 Å². The fraction of sp³-hybridized carbons (Fsp3) is 0.625. The highest BCUT2D eigenvalue weighted by molar-refractivity contribution is 5.32. The Morgan fingerprint density at radius 3 is 2.67 bits per heavy atom. The molecule has 1 aliphatic carbocycles. The molecule has 0 unspecified atom stereocenters. The predicted octanol–water partition coefficient (Wildman–Crippen LogP) is 3.87. The smallest absolute Gasteiger partial charge is 0.119 e. The van der Waals surface area contributed by atoms with Gasteiger partial charge >= 0.3 is 0 Å². The van der Waals surface area contributed by atoms with Crippen molar-refractivity contribution in [3.05, 3.63) is 29.8 Å². The summed E-state index contributed by atoms with van der Waals surface area (Å²) in [6.07, 6.45) is 6.59. The minimum absolute atomic E-state index is 0.640. The second-order valence-electron chi connectivity index (χ2n) is 5.50. The number of aliphatic hydroxyl groups is 1. The molecule has 0 saturated heterocycles. The molecule has 0 radical (unpaired) electrons. The van der Waals surface area contributed by atoms with Gasteiger partial charge in [-0.05, 0) is 49.3 Å². The van der Waals surface area contributed by atoms with E-state index >= 15 is 0 Å².